The van der Waals surface area contributed by atoms with E-state index in [-0.39, 0.29) is 24.5 Å². The molecule has 0 bridgehead atoms. The molecule has 0 spiro atoms. The predicted molar refractivity (Wildman–Crippen MR) is 96.0 cm³/mol. The van der Waals surface area contributed by atoms with Crippen molar-refractivity contribution in [2.24, 2.45) is 5.92 Å². The van der Waals surface area contributed by atoms with Crippen molar-refractivity contribution in [1.29, 1.82) is 0 Å². The van der Waals surface area contributed by atoms with Gasteiger partial charge in [0, 0.05) is 26.2 Å². The maximum Gasteiger partial charge on any atom is 0.410 e. The lowest BCUT2D eigenvalue weighted by Gasteiger charge is -2.34. The molecular formula is C20H28N2O3. The van der Waals surface area contributed by atoms with Gasteiger partial charge >= 0.3 is 6.09 Å². The van der Waals surface area contributed by atoms with Crippen molar-refractivity contribution < 1.29 is 14.3 Å². The molecule has 3 rings (SSSR count). The number of rotatable bonds is 3. The molecule has 2 aliphatic rings. The molecule has 0 aliphatic carbocycles. The fourth-order valence-corrected chi connectivity index (χ4v) is 3.70. The number of piperidine rings is 1. The molecule has 2 aliphatic heterocycles. The second-order valence-electron chi connectivity index (χ2n) is 7.06. The fourth-order valence-electron chi connectivity index (χ4n) is 3.70. The molecule has 0 N–H and O–H groups in total. The molecule has 2 fully saturated rings. The van der Waals surface area contributed by atoms with Crippen LogP contribution in [0.5, 0.6) is 0 Å². The Morgan fingerprint density at radius 1 is 0.920 bits per heavy atom. The number of carbonyl (C=O) groups excluding carboxylic acids is 2. The molecule has 25 heavy (non-hydrogen) atoms. The third-order valence-electron chi connectivity index (χ3n) is 5.15. The number of carbonyl (C=O) groups is 2. The van der Waals surface area contributed by atoms with Gasteiger partial charge in [-0.2, -0.15) is 0 Å². The Labute approximate surface area is 149 Å². The van der Waals surface area contributed by atoms with Crippen LogP contribution >= 0.6 is 0 Å². The van der Waals surface area contributed by atoms with Crippen LogP contribution in [-0.2, 0) is 16.1 Å². The van der Waals surface area contributed by atoms with Gasteiger partial charge in [-0.15, -0.1) is 0 Å². The summed E-state index contributed by atoms with van der Waals surface area (Å²) >= 11 is 0. The van der Waals surface area contributed by atoms with Crippen LogP contribution in [0.4, 0.5) is 4.79 Å². The zero-order chi connectivity index (χ0) is 17.5. The monoisotopic (exact) mass is 344 g/mol. The van der Waals surface area contributed by atoms with E-state index in [2.05, 4.69) is 0 Å². The summed E-state index contributed by atoms with van der Waals surface area (Å²) in [5.74, 6) is 0.151. The molecule has 1 unspecified atom stereocenters. The summed E-state index contributed by atoms with van der Waals surface area (Å²) in [5.41, 5.74) is 0.977. The Bertz CT molecular complexity index is 568. The summed E-state index contributed by atoms with van der Waals surface area (Å²) < 4.78 is 5.42. The van der Waals surface area contributed by atoms with Crippen LogP contribution in [0.2, 0.25) is 0 Å². The highest BCUT2D eigenvalue weighted by Crippen LogP contribution is 2.21. The van der Waals surface area contributed by atoms with Crippen LogP contribution in [0.3, 0.4) is 0 Å². The number of ether oxygens (including phenoxy) is 1. The largest absolute Gasteiger partial charge is 0.445 e. The number of hydrogen-bond acceptors (Lipinski definition) is 3. The number of amides is 2. The lowest BCUT2D eigenvalue weighted by molar-refractivity contribution is -0.137. The van der Waals surface area contributed by atoms with Crippen LogP contribution in [-0.4, -0.2) is 48.0 Å². The molecule has 136 valence electrons. The Morgan fingerprint density at radius 2 is 1.60 bits per heavy atom. The molecule has 0 saturated carbocycles. The number of benzene rings is 1. The van der Waals surface area contributed by atoms with E-state index in [1.165, 1.54) is 12.8 Å². The highest BCUT2D eigenvalue weighted by atomic mass is 16.6. The highest BCUT2D eigenvalue weighted by Gasteiger charge is 2.32. The van der Waals surface area contributed by atoms with Gasteiger partial charge in [0.25, 0.3) is 0 Å². The van der Waals surface area contributed by atoms with Crippen LogP contribution in [0, 0.1) is 5.92 Å². The second kappa shape index (κ2) is 8.88. The first-order chi connectivity index (χ1) is 12.2. The average Bonchev–Trinajstić information content (AvgIpc) is 2.96. The lowest BCUT2D eigenvalue weighted by Crippen LogP contribution is -2.47. The Morgan fingerprint density at radius 3 is 2.32 bits per heavy atom. The van der Waals surface area contributed by atoms with Crippen molar-refractivity contribution in [3.8, 4) is 0 Å². The molecule has 2 heterocycles. The van der Waals surface area contributed by atoms with Gasteiger partial charge in [-0.25, -0.2) is 4.79 Å². The highest BCUT2D eigenvalue weighted by molar-refractivity contribution is 5.80. The lowest BCUT2D eigenvalue weighted by atomic mass is 9.96. The van der Waals surface area contributed by atoms with E-state index in [1.807, 2.05) is 35.2 Å². The van der Waals surface area contributed by atoms with E-state index in [0.29, 0.717) is 13.1 Å². The van der Waals surface area contributed by atoms with Crippen molar-refractivity contribution in [2.45, 2.75) is 45.1 Å². The summed E-state index contributed by atoms with van der Waals surface area (Å²) in [7, 11) is 0. The molecule has 1 aromatic rings. The van der Waals surface area contributed by atoms with Gasteiger partial charge < -0.3 is 14.5 Å². The molecule has 5 nitrogen and oxygen atoms in total. The zero-order valence-corrected chi connectivity index (χ0v) is 14.9. The summed E-state index contributed by atoms with van der Waals surface area (Å²) in [6, 6.07) is 9.68. The number of nitrogens with zero attached hydrogens (tertiary/aromatic N) is 2. The smallest absolute Gasteiger partial charge is 0.410 e. The van der Waals surface area contributed by atoms with Gasteiger partial charge in [-0.3, -0.25) is 4.79 Å². The first kappa shape index (κ1) is 17.8. The fraction of sp³-hybridized carbons (Fsp3) is 0.600. The molecule has 2 amide bonds. The van der Waals surface area contributed by atoms with Crippen molar-refractivity contribution >= 4 is 12.0 Å². The first-order valence-corrected chi connectivity index (χ1v) is 9.48. The maximum absolute atomic E-state index is 12.8. The minimum absolute atomic E-state index is 0.0730. The third-order valence-corrected chi connectivity index (χ3v) is 5.15. The number of likely N-dealkylation sites (tertiary alicyclic amines) is 2. The van der Waals surface area contributed by atoms with E-state index in [4.69, 9.17) is 4.74 Å². The predicted octanol–water partition coefficient (Wildman–Crippen LogP) is 3.44. The van der Waals surface area contributed by atoms with E-state index in [9.17, 15) is 9.59 Å². The molecular weight excluding hydrogens is 316 g/mol. The van der Waals surface area contributed by atoms with Crippen LogP contribution in [0.15, 0.2) is 30.3 Å². The molecule has 0 radical (unpaired) electrons. The molecule has 1 aromatic carbocycles. The molecule has 0 aromatic heterocycles. The zero-order valence-electron chi connectivity index (χ0n) is 14.9. The van der Waals surface area contributed by atoms with E-state index in [0.717, 1.165) is 44.3 Å². The summed E-state index contributed by atoms with van der Waals surface area (Å²) in [4.78, 5) is 28.9. The van der Waals surface area contributed by atoms with Gasteiger partial charge in [0.1, 0.15) is 6.61 Å². The van der Waals surface area contributed by atoms with E-state index in [1.54, 1.807) is 4.90 Å². The first-order valence-electron chi connectivity index (χ1n) is 9.48. The Balaban J connectivity index is 1.51. The van der Waals surface area contributed by atoms with Gasteiger partial charge in [-0.1, -0.05) is 43.2 Å². The topological polar surface area (TPSA) is 49.9 Å². The standard InChI is InChI=1S/C20H28N2O3/c23-19(21-12-6-1-2-7-13-21)18-11-8-14-22(15-18)20(24)25-16-17-9-4-3-5-10-17/h3-5,9-10,18H,1-2,6-8,11-16H2. The number of hydrogen-bond donors (Lipinski definition) is 0. The van der Waals surface area contributed by atoms with Gasteiger partial charge in [0.15, 0.2) is 0 Å². The van der Waals surface area contributed by atoms with E-state index < -0.39 is 0 Å². The van der Waals surface area contributed by atoms with Crippen LogP contribution in [0.1, 0.15) is 44.1 Å². The van der Waals surface area contributed by atoms with Crippen molar-refractivity contribution in [1.82, 2.24) is 9.80 Å². The minimum atomic E-state index is -0.308. The van der Waals surface area contributed by atoms with Gasteiger partial charge in [0.05, 0.1) is 5.92 Å². The van der Waals surface area contributed by atoms with Crippen molar-refractivity contribution in [3.63, 3.8) is 0 Å². The van der Waals surface area contributed by atoms with Gasteiger partial charge in [0.2, 0.25) is 5.91 Å². The summed E-state index contributed by atoms with van der Waals surface area (Å²) in [6.07, 6.45) is 6.06. The SMILES string of the molecule is O=C(OCc1ccccc1)N1CCCC(C(=O)N2CCCCCC2)C1. The molecule has 1 atom stereocenters. The minimum Gasteiger partial charge on any atom is -0.445 e. The van der Waals surface area contributed by atoms with E-state index >= 15 is 0 Å². The van der Waals surface area contributed by atoms with Crippen LogP contribution < -0.4 is 0 Å². The molecule has 5 heteroatoms. The molecule has 2 saturated heterocycles. The summed E-state index contributed by atoms with van der Waals surface area (Å²) in [6.45, 7) is 3.18. The maximum atomic E-state index is 12.8. The Kier molecular flexibility index (Phi) is 6.31. The summed E-state index contributed by atoms with van der Waals surface area (Å²) in [5, 5.41) is 0. The van der Waals surface area contributed by atoms with Crippen molar-refractivity contribution in [3.05, 3.63) is 35.9 Å². The van der Waals surface area contributed by atoms with Crippen LogP contribution in [0.25, 0.3) is 0 Å². The van der Waals surface area contributed by atoms with Gasteiger partial charge in [-0.05, 0) is 31.2 Å². The van der Waals surface area contributed by atoms with Crippen molar-refractivity contribution in [2.75, 3.05) is 26.2 Å². The second-order valence-corrected chi connectivity index (χ2v) is 7.06. The Hall–Kier alpha value is -2.04. The normalized spacial score (nSPS) is 21.5. The average molecular weight is 344 g/mol. The third kappa shape index (κ3) is 4.97. The quantitative estimate of drug-likeness (QED) is 0.844.